The molecule has 3 nitrogen and oxygen atoms in total. The van der Waals surface area contributed by atoms with Crippen LogP contribution in [-0.2, 0) is 9.47 Å². The zero-order valence-electron chi connectivity index (χ0n) is 14.6. The Balaban J connectivity index is 1.54. The lowest BCUT2D eigenvalue weighted by molar-refractivity contribution is -0.187. The summed E-state index contributed by atoms with van der Waals surface area (Å²) in [7, 11) is 0. The topological polar surface area (TPSA) is 21.7 Å². The second-order valence-corrected chi connectivity index (χ2v) is 7.35. The van der Waals surface area contributed by atoms with Crippen LogP contribution in [0.4, 0.5) is 0 Å². The fourth-order valence-corrected chi connectivity index (χ4v) is 4.11. The van der Waals surface area contributed by atoms with Gasteiger partial charge >= 0.3 is 0 Å². The van der Waals surface area contributed by atoms with Crippen molar-refractivity contribution in [3.05, 3.63) is 59.1 Å². The Morgan fingerprint density at radius 2 is 1.60 bits per heavy atom. The van der Waals surface area contributed by atoms with Crippen LogP contribution < -0.4 is 0 Å². The third-order valence-electron chi connectivity index (χ3n) is 5.49. The maximum Gasteiger partial charge on any atom is 0.170 e. The highest BCUT2D eigenvalue weighted by atomic mass is 35.5. The molecule has 0 N–H and O–H groups in total. The molecule has 132 valence electrons. The lowest BCUT2D eigenvalue weighted by atomic mass is 9.93. The number of rotatable bonds is 3. The van der Waals surface area contributed by atoms with E-state index in [-0.39, 0.29) is 5.79 Å². The Hall–Kier alpha value is -1.39. The quantitative estimate of drug-likeness (QED) is 0.779. The summed E-state index contributed by atoms with van der Waals surface area (Å²) in [5.74, 6) is -0.314. The molecule has 1 unspecified atom stereocenters. The van der Waals surface area contributed by atoms with E-state index in [1.165, 1.54) is 16.7 Å². The summed E-state index contributed by atoms with van der Waals surface area (Å²) in [6.07, 6.45) is 1.89. The third-order valence-corrected chi connectivity index (χ3v) is 5.74. The number of benzene rings is 2. The predicted octanol–water partition coefficient (Wildman–Crippen LogP) is 4.91. The van der Waals surface area contributed by atoms with Gasteiger partial charge in [0.25, 0.3) is 0 Å². The molecular weight excluding hydrogens is 334 g/mol. The van der Waals surface area contributed by atoms with Crippen molar-refractivity contribution in [3.8, 4) is 11.1 Å². The summed E-state index contributed by atoms with van der Waals surface area (Å²) >= 11 is 6.05. The summed E-state index contributed by atoms with van der Waals surface area (Å²) in [5, 5.41) is 0.771. The van der Waals surface area contributed by atoms with Gasteiger partial charge in [0.1, 0.15) is 0 Å². The molecule has 2 heterocycles. The van der Waals surface area contributed by atoms with Gasteiger partial charge < -0.3 is 9.47 Å². The Bertz CT molecular complexity index is 715. The van der Waals surface area contributed by atoms with E-state index in [1.807, 2.05) is 12.1 Å². The van der Waals surface area contributed by atoms with Crippen LogP contribution in [0.15, 0.2) is 48.5 Å². The van der Waals surface area contributed by atoms with Gasteiger partial charge in [0, 0.05) is 37.0 Å². The average Bonchev–Trinajstić information content (AvgIpc) is 3.10. The molecule has 1 spiro atoms. The van der Waals surface area contributed by atoms with Crippen molar-refractivity contribution in [2.24, 2.45) is 0 Å². The average molecular weight is 358 g/mol. The molecule has 2 aliphatic heterocycles. The first-order valence-corrected chi connectivity index (χ1v) is 9.42. The van der Waals surface area contributed by atoms with Crippen molar-refractivity contribution in [1.29, 1.82) is 0 Å². The molecule has 25 heavy (non-hydrogen) atoms. The van der Waals surface area contributed by atoms with Gasteiger partial charge in [-0.05, 0) is 35.7 Å². The van der Waals surface area contributed by atoms with Gasteiger partial charge in [-0.2, -0.15) is 0 Å². The monoisotopic (exact) mass is 357 g/mol. The third kappa shape index (κ3) is 3.47. The molecule has 2 aliphatic rings. The van der Waals surface area contributed by atoms with Crippen molar-refractivity contribution >= 4 is 11.6 Å². The lowest BCUT2D eigenvalue weighted by Crippen LogP contribution is -2.45. The van der Waals surface area contributed by atoms with Crippen molar-refractivity contribution < 1.29 is 9.47 Å². The minimum absolute atomic E-state index is 0.314. The standard InChI is InChI=1S/C21H24ClNO2/c1-16(23-12-10-21(11-13-23)24-14-15-25-21)19-4-2-3-5-20(19)17-6-8-18(22)9-7-17/h2-9,16H,10-15H2,1H3. The molecule has 0 bridgehead atoms. The van der Waals surface area contributed by atoms with Crippen LogP contribution >= 0.6 is 11.6 Å². The van der Waals surface area contributed by atoms with Crippen LogP contribution in [-0.4, -0.2) is 37.0 Å². The van der Waals surface area contributed by atoms with E-state index in [9.17, 15) is 0 Å². The fourth-order valence-electron chi connectivity index (χ4n) is 3.99. The van der Waals surface area contributed by atoms with Crippen LogP contribution in [0, 0.1) is 0 Å². The number of halogens is 1. The van der Waals surface area contributed by atoms with Gasteiger partial charge in [-0.15, -0.1) is 0 Å². The van der Waals surface area contributed by atoms with Crippen molar-refractivity contribution in [2.75, 3.05) is 26.3 Å². The molecule has 0 saturated carbocycles. The molecular formula is C21H24ClNO2. The van der Waals surface area contributed by atoms with Gasteiger partial charge in [-0.25, -0.2) is 0 Å². The molecule has 1 atom stereocenters. The molecule has 2 aromatic rings. The maximum absolute atomic E-state index is 6.05. The molecule has 2 aromatic carbocycles. The zero-order valence-corrected chi connectivity index (χ0v) is 15.3. The summed E-state index contributed by atoms with van der Waals surface area (Å²) in [6.45, 7) is 5.75. The highest BCUT2D eigenvalue weighted by Gasteiger charge is 2.40. The predicted molar refractivity (Wildman–Crippen MR) is 101 cm³/mol. The highest BCUT2D eigenvalue weighted by molar-refractivity contribution is 6.30. The number of hydrogen-bond donors (Lipinski definition) is 0. The van der Waals surface area contributed by atoms with Crippen molar-refractivity contribution in [3.63, 3.8) is 0 Å². The van der Waals surface area contributed by atoms with Gasteiger partial charge in [-0.3, -0.25) is 4.90 Å². The molecule has 0 aliphatic carbocycles. The fraction of sp³-hybridized carbons (Fsp3) is 0.429. The highest BCUT2D eigenvalue weighted by Crippen LogP contribution is 2.37. The maximum atomic E-state index is 6.05. The Morgan fingerprint density at radius 1 is 0.960 bits per heavy atom. The molecule has 0 aromatic heterocycles. The number of hydrogen-bond acceptors (Lipinski definition) is 3. The van der Waals surface area contributed by atoms with Crippen LogP contribution in [0.3, 0.4) is 0 Å². The Kier molecular flexibility index (Phi) is 4.83. The van der Waals surface area contributed by atoms with Crippen molar-refractivity contribution in [1.82, 2.24) is 4.90 Å². The number of likely N-dealkylation sites (tertiary alicyclic amines) is 1. The molecule has 4 heteroatoms. The number of nitrogens with zero attached hydrogens (tertiary/aromatic N) is 1. The van der Waals surface area contributed by atoms with E-state index in [1.54, 1.807) is 0 Å². The molecule has 2 fully saturated rings. The SMILES string of the molecule is CC(c1ccccc1-c1ccc(Cl)cc1)N1CCC2(CC1)OCCO2. The van der Waals surface area contributed by atoms with Gasteiger partial charge in [0.15, 0.2) is 5.79 Å². The van der Waals surface area contributed by atoms with Crippen LogP contribution in [0.1, 0.15) is 31.4 Å². The summed E-state index contributed by atoms with van der Waals surface area (Å²) in [5.41, 5.74) is 3.84. The Morgan fingerprint density at radius 3 is 2.28 bits per heavy atom. The minimum atomic E-state index is -0.314. The smallest absolute Gasteiger partial charge is 0.170 e. The lowest BCUT2D eigenvalue weighted by Gasteiger charge is -2.40. The second-order valence-electron chi connectivity index (χ2n) is 6.91. The van der Waals surface area contributed by atoms with Crippen LogP contribution in [0.5, 0.6) is 0 Å². The zero-order chi connectivity index (χ0) is 17.3. The minimum Gasteiger partial charge on any atom is -0.347 e. The van der Waals surface area contributed by atoms with E-state index >= 15 is 0 Å². The normalized spacial score (nSPS) is 21.5. The van der Waals surface area contributed by atoms with E-state index < -0.39 is 0 Å². The number of ether oxygens (including phenoxy) is 2. The van der Waals surface area contributed by atoms with E-state index in [0.717, 1.165) is 44.2 Å². The summed E-state index contributed by atoms with van der Waals surface area (Å²) < 4.78 is 11.7. The molecule has 0 amide bonds. The first-order chi connectivity index (χ1) is 12.2. The first-order valence-electron chi connectivity index (χ1n) is 9.04. The van der Waals surface area contributed by atoms with Crippen LogP contribution in [0.2, 0.25) is 5.02 Å². The van der Waals surface area contributed by atoms with Gasteiger partial charge in [-0.1, -0.05) is 48.0 Å². The van der Waals surface area contributed by atoms with E-state index in [4.69, 9.17) is 21.1 Å². The largest absolute Gasteiger partial charge is 0.347 e. The van der Waals surface area contributed by atoms with E-state index in [2.05, 4.69) is 48.2 Å². The second kappa shape index (κ2) is 7.08. The molecule has 2 saturated heterocycles. The van der Waals surface area contributed by atoms with Gasteiger partial charge in [0.05, 0.1) is 13.2 Å². The summed E-state index contributed by atoms with van der Waals surface area (Å²) in [6, 6.07) is 17.1. The Labute approximate surface area is 154 Å². The molecule has 4 rings (SSSR count). The molecule has 0 radical (unpaired) electrons. The first kappa shape index (κ1) is 17.0. The van der Waals surface area contributed by atoms with Crippen molar-refractivity contribution in [2.45, 2.75) is 31.6 Å². The summed E-state index contributed by atoms with van der Waals surface area (Å²) in [4.78, 5) is 2.53. The van der Waals surface area contributed by atoms with Gasteiger partial charge in [0.2, 0.25) is 0 Å². The van der Waals surface area contributed by atoms with E-state index in [0.29, 0.717) is 6.04 Å². The number of piperidine rings is 1. The van der Waals surface area contributed by atoms with Crippen LogP contribution in [0.25, 0.3) is 11.1 Å².